The highest BCUT2D eigenvalue weighted by atomic mass is 16.6. The molecule has 106 valence electrons. The van der Waals surface area contributed by atoms with Gasteiger partial charge in [-0.15, -0.1) is 0 Å². The maximum atomic E-state index is 11.1. The molecule has 20 heavy (non-hydrogen) atoms. The van der Waals surface area contributed by atoms with Gasteiger partial charge in [-0.3, -0.25) is 4.79 Å². The van der Waals surface area contributed by atoms with E-state index in [-0.39, 0.29) is 19.0 Å². The van der Waals surface area contributed by atoms with E-state index in [0.29, 0.717) is 12.4 Å². The number of methoxy groups -OCH3 is 1. The molecule has 0 aliphatic heterocycles. The van der Waals surface area contributed by atoms with Crippen molar-refractivity contribution < 1.29 is 23.8 Å². The zero-order valence-corrected chi connectivity index (χ0v) is 11.5. The van der Waals surface area contributed by atoms with E-state index in [9.17, 15) is 9.59 Å². The van der Waals surface area contributed by atoms with Gasteiger partial charge in [0.1, 0.15) is 12.2 Å². The van der Waals surface area contributed by atoms with E-state index in [0.717, 1.165) is 5.56 Å². The normalized spacial score (nSPS) is 9.10. The Kier molecular flexibility index (Phi) is 6.69. The predicted octanol–water partition coefficient (Wildman–Crippen LogP) is 1.54. The average Bonchev–Trinajstić information content (AvgIpc) is 2.46. The Labute approximate surface area is 117 Å². The zero-order chi connectivity index (χ0) is 14.8. The predicted molar refractivity (Wildman–Crippen MR) is 72.1 cm³/mol. The minimum atomic E-state index is -0.441. The highest BCUT2D eigenvalue weighted by Gasteiger charge is 2.01. The minimum absolute atomic E-state index is 0.0639. The van der Waals surface area contributed by atoms with Crippen LogP contribution in [0.25, 0.3) is 0 Å². The second-order valence-electron chi connectivity index (χ2n) is 3.67. The van der Waals surface area contributed by atoms with Gasteiger partial charge >= 0.3 is 11.9 Å². The third-order valence-corrected chi connectivity index (χ3v) is 2.21. The van der Waals surface area contributed by atoms with Gasteiger partial charge in [0.05, 0.1) is 13.7 Å². The third-order valence-electron chi connectivity index (χ3n) is 2.21. The van der Waals surface area contributed by atoms with Crippen LogP contribution in [0, 0.1) is 11.8 Å². The van der Waals surface area contributed by atoms with Gasteiger partial charge in [-0.25, -0.2) is 4.79 Å². The van der Waals surface area contributed by atoms with Crippen molar-refractivity contribution in [2.75, 3.05) is 20.3 Å². The van der Waals surface area contributed by atoms with Gasteiger partial charge in [0.2, 0.25) is 0 Å². The SMILES string of the molecule is CCOC(=O)CC#Cc1ccc(OCC(=O)OC)cc1. The summed E-state index contributed by atoms with van der Waals surface area (Å²) < 4.78 is 14.4. The largest absolute Gasteiger partial charge is 0.482 e. The van der Waals surface area contributed by atoms with Gasteiger partial charge < -0.3 is 14.2 Å². The molecule has 0 aliphatic rings. The number of carbonyl (C=O) groups is 2. The van der Waals surface area contributed by atoms with E-state index >= 15 is 0 Å². The first kappa shape index (κ1) is 15.6. The van der Waals surface area contributed by atoms with Crippen molar-refractivity contribution in [2.45, 2.75) is 13.3 Å². The fourth-order valence-electron chi connectivity index (χ4n) is 1.27. The second-order valence-corrected chi connectivity index (χ2v) is 3.67. The maximum Gasteiger partial charge on any atom is 0.343 e. The van der Waals surface area contributed by atoms with Gasteiger partial charge in [-0.1, -0.05) is 11.8 Å². The van der Waals surface area contributed by atoms with E-state index in [2.05, 4.69) is 16.6 Å². The Balaban J connectivity index is 2.48. The number of benzene rings is 1. The van der Waals surface area contributed by atoms with Crippen LogP contribution in [0.5, 0.6) is 5.75 Å². The lowest BCUT2D eigenvalue weighted by Gasteiger charge is -2.04. The third kappa shape index (κ3) is 5.91. The van der Waals surface area contributed by atoms with E-state index in [1.807, 2.05) is 0 Å². The standard InChI is InChI=1S/C15H16O5/c1-3-19-14(16)6-4-5-12-7-9-13(10-8-12)20-11-15(17)18-2/h7-10H,3,6,11H2,1-2H3. The molecule has 0 unspecified atom stereocenters. The Bertz CT molecular complexity index is 507. The molecule has 0 bridgehead atoms. The summed E-state index contributed by atoms with van der Waals surface area (Å²) in [5.74, 6) is 5.34. The van der Waals surface area contributed by atoms with Crippen LogP contribution >= 0.6 is 0 Å². The molecule has 0 aromatic heterocycles. The van der Waals surface area contributed by atoms with E-state index in [1.165, 1.54) is 7.11 Å². The smallest absolute Gasteiger partial charge is 0.343 e. The van der Waals surface area contributed by atoms with Crippen molar-refractivity contribution in [3.05, 3.63) is 29.8 Å². The number of hydrogen-bond donors (Lipinski definition) is 0. The van der Waals surface area contributed by atoms with Gasteiger partial charge in [0, 0.05) is 5.56 Å². The molecular formula is C15H16O5. The quantitative estimate of drug-likeness (QED) is 0.603. The molecule has 1 aromatic carbocycles. The van der Waals surface area contributed by atoms with Gasteiger partial charge in [0.15, 0.2) is 6.61 Å². The van der Waals surface area contributed by atoms with Crippen molar-refractivity contribution in [1.82, 2.24) is 0 Å². The van der Waals surface area contributed by atoms with Crippen LogP contribution in [0.1, 0.15) is 18.9 Å². The fraction of sp³-hybridized carbons (Fsp3) is 0.333. The van der Waals surface area contributed by atoms with Crippen molar-refractivity contribution in [3.8, 4) is 17.6 Å². The van der Waals surface area contributed by atoms with Crippen molar-refractivity contribution in [2.24, 2.45) is 0 Å². The summed E-state index contributed by atoms with van der Waals surface area (Å²) in [6.07, 6.45) is 0.0639. The molecule has 0 fully saturated rings. The molecule has 1 aromatic rings. The molecule has 0 radical (unpaired) electrons. The molecule has 0 atom stereocenters. The first-order valence-corrected chi connectivity index (χ1v) is 6.10. The average molecular weight is 276 g/mol. The fourth-order valence-corrected chi connectivity index (χ4v) is 1.27. The summed E-state index contributed by atoms with van der Waals surface area (Å²) >= 11 is 0. The summed E-state index contributed by atoms with van der Waals surface area (Å²) in [6.45, 7) is 1.97. The Morgan fingerprint density at radius 2 is 1.85 bits per heavy atom. The number of esters is 2. The molecule has 0 aliphatic carbocycles. The molecule has 0 heterocycles. The van der Waals surface area contributed by atoms with Crippen molar-refractivity contribution >= 4 is 11.9 Å². The molecule has 0 amide bonds. The van der Waals surface area contributed by atoms with E-state index in [1.54, 1.807) is 31.2 Å². The van der Waals surface area contributed by atoms with Crippen LogP contribution in [0.4, 0.5) is 0 Å². The van der Waals surface area contributed by atoms with Gasteiger partial charge in [-0.2, -0.15) is 0 Å². The Morgan fingerprint density at radius 1 is 1.15 bits per heavy atom. The molecule has 0 saturated heterocycles. The molecule has 0 saturated carbocycles. The summed E-state index contributed by atoms with van der Waals surface area (Å²) in [6, 6.07) is 6.87. The van der Waals surface area contributed by atoms with Gasteiger partial charge in [-0.05, 0) is 31.2 Å². The highest BCUT2D eigenvalue weighted by Crippen LogP contribution is 2.11. The van der Waals surface area contributed by atoms with E-state index < -0.39 is 5.97 Å². The number of ether oxygens (including phenoxy) is 3. The van der Waals surface area contributed by atoms with E-state index in [4.69, 9.17) is 9.47 Å². The van der Waals surface area contributed by atoms with Gasteiger partial charge in [0.25, 0.3) is 0 Å². The lowest BCUT2D eigenvalue weighted by molar-refractivity contribution is -0.143. The first-order valence-electron chi connectivity index (χ1n) is 6.10. The zero-order valence-electron chi connectivity index (χ0n) is 11.5. The van der Waals surface area contributed by atoms with Crippen molar-refractivity contribution in [1.29, 1.82) is 0 Å². The number of rotatable bonds is 5. The summed E-state index contributed by atoms with van der Waals surface area (Å²) in [7, 11) is 1.30. The monoisotopic (exact) mass is 276 g/mol. The van der Waals surface area contributed by atoms with Crippen LogP contribution in [-0.2, 0) is 19.1 Å². The number of hydrogen-bond acceptors (Lipinski definition) is 5. The van der Waals surface area contributed by atoms with Crippen molar-refractivity contribution in [3.63, 3.8) is 0 Å². The molecule has 0 spiro atoms. The summed E-state index contributed by atoms with van der Waals surface area (Å²) in [5, 5.41) is 0. The van der Waals surface area contributed by atoms with Crippen LogP contribution in [0.3, 0.4) is 0 Å². The molecule has 0 N–H and O–H groups in total. The van der Waals surface area contributed by atoms with Crippen LogP contribution in [0.15, 0.2) is 24.3 Å². The second kappa shape index (κ2) is 8.59. The summed E-state index contributed by atoms with van der Waals surface area (Å²) in [4.78, 5) is 22.0. The number of carbonyl (C=O) groups excluding carboxylic acids is 2. The molecular weight excluding hydrogens is 260 g/mol. The molecule has 5 heteroatoms. The Hall–Kier alpha value is -2.48. The highest BCUT2D eigenvalue weighted by molar-refractivity contribution is 5.72. The maximum absolute atomic E-state index is 11.1. The van der Waals surface area contributed by atoms with Crippen LogP contribution in [-0.4, -0.2) is 32.3 Å². The topological polar surface area (TPSA) is 61.8 Å². The molecule has 1 rings (SSSR count). The van der Waals surface area contributed by atoms with Crippen LogP contribution < -0.4 is 4.74 Å². The summed E-state index contributed by atoms with van der Waals surface area (Å²) in [5.41, 5.74) is 0.750. The molecule has 5 nitrogen and oxygen atoms in total. The first-order chi connectivity index (χ1) is 9.65. The lowest BCUT2D eigenvalue weighted by atomic mass is 10.2. The minimum Gasteiger partial charge on any atom is -0.482 e. The lowest BCUT2D eigenvalue weighted by Crippen LogP contribution is -2.12. The van der Waals surface area contributed by atoms with Crippen LogP contribution in [0.2, 0.25) is 0 Å². The Morgan fingerprint density at radius 3 is 2.45 bits per heavy atom.